The van der Waals surface area contributed by atoms with Crippen LogP contribution in [0.3, 0.4) is 0 Å². The average molecular weight is 316 g/mol. The van der Waals surface area contributed by atoms with Crippen LogP contribution in [-0.4, -0.2) is 45.8 Å². The molecular formula is C13H18ClN3O2S. The number of sulfonamides is 1. The number of rotatable bonds is 2. The van der Waals surface area contributed by atoms with Gasteiger partial charge in [0.2, 0.25) is 0 Å². The number of halogens is 1. The Kier molecular flexibility index (Phi) is 4.36. The lowest BCUT2D eigenvalue weighted by atomic mass is 10.1. The molecule has 0 aromatic heterocycles. The molecule has 0 bridgehead atoms. The van der Waals surface area contributed by atoms with Gasteiger partial charge < -0.3 is 10.2 Å². The summed E-state index contributed by atoms with van der Waals surface area (Å²) in [5.74, 6) is 1.13. The van der Waals surface area contributed by atoms with E-state index in [4.69, 9.17) is 0 Å². The molecule has 2 heterocycles. The zero-order valence-electron chi connectivity index (χ0n) is 11.2. The number of hydrogen-bond donors (Lipinski definition) is 1. The third kappa shape index (κ3) is 2.68. The van der Waals surface area contributed by atoms with Crippen molar-refractivity contribution in [3.8, 4) is 0 Å². The van der Waals surface area contributed by atoms with Crippen LogP contribution < -0.4 is 5.32 Å². The zero-order chi connectivity index (χ0) is 13.5. The van der Waals surface area contributed by atoms with Crippen molar-refractivity contribution in [1.29, 1.82) is 0 Å². The van der Waals surface area contributed by atoms with Gasteiger partial charge in [0.05, 0.1) is 0 Å². The Bertz CT molecular complexity index is 624. The maximum absolute atomic E-state index is 12.0. The van der Waals surface area contributed by atoms with Gasteiger partial charge in [-0.2, -0.15) is 8.42 Å². The van der Waals surface area contributed by atoms with E-state index in [1.165, 1.54) is 0 Å². The summed E-state index contributed by atoms with van der Waals surface area (Å²) in [5, 5.41) is 3.32. The largest absolute Gasteiger partial charge is 0.358 e. The van der Waals surface area contributed by atoms with Crippen molar-refractivity contribution >= 4 is 28.3 Å². The zero-order valence-corrected chi connectivity index (χ0v) is 12.9. The number of benzene rings is 1. The maximum atomic E-state index is 12.0. The van der Waals surface area contributed by atoms with E-state index >= 15 is 0 Å². The highest BCUT2D eigenvalue weighted by atomic mass is 35.5. The molecule has 0 aliphatic carbocycles. The molecule has 0 spiro atoms. The smallest absolute Gasteiger partial charge is 0.285 e. The minimum atomic E-state index is -3.50. The van der Waals surface area contributed by atoms with E-state index < -0.39 is 10.0 Å². The van der Waals surface area contributed by atoms with Crippen LogP contribution in [0.2, 0.25) is 0 Å². The van der Waals surface area contributed by atoms with Crippen molar-refractivity contribution in [2.45, 2.75) is 11.3 Å². The highest BCUT2D eigenvalue weighted by Crippen LogP contribution is 2.27. The van der Waals surface area contributed by atoms with E-state index in [9.17, 15) is 8.42 Å². The van der Waals surface area contributed by atoms with Crippen molar-refractivity contribution in [3.63, 3.8) is 0 Å². The normalized spacial score (nSPS) is 22.9. The van der Waals surface area contributed by atoms with E-state index in [1.807, 2.05) is 24.1 Å². The van der Waals surface area contributed by atoms with Gasteiger partial charge in [-0.3, -0.25) is 0 Å². The Morgan fingerprint density at radius 3 is 2.85 bits per heavy atom. The van der Waals surface area contributed by atoms with Crippen LogP contribution >= 0.6 is 12.4 Å². The molecule has 2 aliphatic rings. The summed E-state index contributed by atoms with van der Waals surface area (Å²) in [6.07, 6.45) is 1.13. The van der Waals surface area contributed by atoms with Gasteiger partial charge in [0.1, 0.15) is 4.90 Å². The molecule has 5 nitrogen and oxygen atoms in total. The molecule has 0 radical (unpaired) electrons. The first-order chi connectivity index (χ1) is 9.08. The minimum Gasteiger partial charge on any atom is -0.358 e. The lowest BCUT2D eigenvalue weighted by Crippen LogP contribution is -2.32. The fourth-order valence-corrected chi connectivity index (χ4v) is 3.96. The first kappa shape index (κ1) is 15.3. The lowest BCUT2D eigenvalue weighted by molar-refractivity contribution is 0.404. The fraction of sp³-hybridized carbons (Fsp3) is 0.462. The van der Waals surface area contributed by atoms with Crippen molar-refractivity contribution in [2.75, 3.05) is 26.7 Å². The molecule has 0 amide bonds. The first-order valence-electron chi connectivity index (χ1n) is 6.44. The quantitative estimate of drug-likeness (QED) is 0.888. The number of nitrogens with zero attached hydrogens (tertiary/aromatic N) is 2. The summed E-state index contributed by atoms with van der Waals surface area (Å²) in [6.45, 7) is 2.86. The summed E-state index contributed by atoms with van der Waals surface area (Å²) in [5.41, 5.74) is 0.718. The van der Waals surface area contributed by atoms with E-state index in [0.717, 1.165) is 31.6 Å². The van der Waals surface area contributed by atoms with Crippen LogP contribution in [0.1, 0.15) is 12.0 Å². The summed E-state index contributed by atoms with van der Waals surface area (Å²) >= 11 is 0. The van der Waals surface area contributed by atoms with Gasteiger partial charge in [-0.05, 0) is 37.6 Å². The first-order valence-corrected chi connectivity index (χ1v) is 7.88. The molecule has 1 fully saturated rings. The fourth-order valence-electron chi connectivity index (χ4n) is 2.71. The second-order valence-corrected chi connectivity index (χ2v) is 6.70. The number of nitrogens with one attached hydrogen (secondary N) is 1. The van der Waals surface area contributed by atoms with Gasteiger partial charge >= 0.3 is 0 Å². The van der Waals surface area contributed by atoms with E-state index in [1.54, 1.807) is 12.1 Å². The summed E-state index contributed by atoms with van der Waals surface area (Å²) in [7, 11) is -1.59. The van der Waals surface area contributed by atoms with Crippen LogP contribution in [0.15, 0.2) is 33.6 Å². The highest BCUT2D eigenvalue weighted by molar-refractivity contribution is 7.90. The molecule has 1 saturated heterocycles. The highest BCUT2D eigenvalue weighted by Gasteiger charge is 2.31. The van der Waals surface area contributed by atoms with E-state index in [2.05, 4.69) is 9.71 Å². The Labute approximate surface area is 125 Å². The van der Waals surface area contributed by atoms with Crippen molar-refractivity contribution in [2.24, 2.45) is 10.3 Å². The average Bonchev–Trinajstić information content (AvgIpc) is 2.97. The minimum absolute atomic E-state index is 0. The van der Waals surface area contributed by atoms with Crippen LogP contribution in [0.5, 0.6) is 0 Å². The van der Waals surface area contributed by atoms with Crippen LogP contribution in [-0.2, 0) is 10.0 Å². The van der Waals surface area contributed by atoms with Gasteiger partial charge in [0.25, 0.3) is 10.0 Å². The number of amidine groups is 1. The molecule has 1 aromatic rings. The van der Waals surface area contributed by atoms with Crippen molar-refractivity contribution < 1.29 is 8.42 Å². The standard InChI is InChI=1S/C13H17N3O2S.ClH/c1-16(9-10-6-7-14-8-10)13-11-4-2-3-5-12(11)19(17,18)15-13;/h2-5,10,14H,6-9H2,1H3;1H. The molecule has 0 saturated carbocycles. The molecule has 1 aromatic carbocycles. The number of hydrogen-bond acceptors (Lipinski definition) is 4. The van der Waals surface area contributed by atoms with Gasteiger partial charge in [-0.15, -0.1) is 16.8 Å². The SMILES string of the molecule is CN(CC1CCNC1)C1=NS(=O)(=O)c2ccccc21.Cl. The Hall–Kier alpha value is -1.11. The predicted octanol–water partition coefficient (Wildman–Crippen LogP) is 1.10. The third-order valence-electron chi connectivity index (χ3n) is 3.67. The van der Waals surface area contributed by atoms with E-state index in [0.29, 0.717) is 16.6 Å². The number of fused-ring (bicyclic) bond motifs is 1. The van der Waals surface area contributed by atoms with Crippen LogP contribution in [0, 0.1) is 5.92 Å². The Morgan fingerprint density at radius 2 is 2.15 bits per heavy atom. The molecule has 2 aliphatic heterocycles. The van der Waals surface area contributed by atoms with Gasteiger partial charge in [0.15, 0.2) is 5.84 Å². The second-order valence-electron chi connectivity index (χ2n) is 5.13. The third-order valence-corrected chi connectivity index (χ3v) is 4.99. The lowest BCUT2D eigenvalue weighted by Gasteiger charge is -2.22. The molecule has 20 heavy (non-hydrogen) atoms. The van der Waals surface area contributed by atoms with Crippen LogP contribution in [0.4, 0.5) is 0 Å². The van der Waals surface area contributed by atoms with Gasteiger partial charge in [-0.25, -0.2) is 0 Å². The molecule has 1 atom stereocenters. The predicted molar refractivity (Wildman–Crippen MR) is 81.0 cm³/mol. The van der Waals surface area contributed by atoms with Crippen LogP contribution in [0.25, 0.3) is 0 Å². The van der Waals surface area contributed by atoms with Gasteiger partial charge in [-0.1, -0.05) is 12.1 Å². The van der Waals surface area contributed by atoms with Crippen molar-refractivity contribution in [3.05, 3.63) is 29.8 Å². The van der Waals surface area contributed by atoms with Crippen molar-refractivity contribution in [1.82, 2.24) is 10.2 Å². The Balaban J connectivity index is 0.00000147. The summed E-state index contributed by atoms with van der Waals surface area (Å²) in [4.78, 5) is 2.28. The molecule has 1 unspecified atom stereocenters. The summed E-state index contributed by atoms with van der Waals surface area (Å²) in [6, 6.07) is 7.02. The maximum Gasteiger partial charge on any atom is 0.285 e. The molecular weight excluding hydrogens is 298 g/mol. The molecule has 3 rings (SSSR count). The molecule has 7 heteroatoms. The molecule has 110 valence electrons. The second kappa shape index (κ2) is 5.71. The van der Waals surface area contributed by atoms with Gasteiger partial charge in [0, 0.05) is 19.2 Å². The topological polar surface area (TPSA) is 61.8 Å². The van der Waals surface area contributed by atoms with E-state index in [-0.39, 0.29) is 12.4 Å². The molecule has 1 N–H and O–H groups in total. The summed E-state index contributed by atoms with van der Waals surface area (Å²) < 4.78 is 27.9. The Morgan fingerprint density at radius 1 is 1.40 bits per heavy atom. The monoisotopic (exact) mass is 315 g/mol.